The van der Waals surface area contributed by atoms with E-state index in [0.717, 1.165) is 6.42 Å². The summed E-state index contributed by atoms with van der Waals surface area (Å²) in [5.41, 5.74) is 11.1. The second-order valence-corrected chi connectivity index (χ2v) is 4.82. The Morgan fingerprint density at radius 3 is 2.21 bits per heavy atom. The molecule has 2 atom stereocenters. The monoisotopic (exact) mass is 202 g/mol. The third kappa shape index (κ3) is 4.58. The quantitative estimate of drug-likeness (QED) is 0.615. The molecular formula is C10H22N2O2. The molecule has 0 spiro atoms. The molecule has 4 nitrogen and oxygen atoms in total. The predicted octanol–water partition coefficient (Wildman–Crippen LogP) is 0.800. The van der Waals surface area contributed by atoms with E-state index in [2.05, 4.69) is 20.8 Å². The SMILES string of the molecule is CC(C)(C)C(CCN)C[C@H](N)C(=O)O. The highest BCUT2D eigenvalue weighted by Gasteiger charge is 2.27. The number of carboxylic acids is 1. The van der Waals surface area contributed by atoms with Crippen LogP contribution in [0.1, 0.15) is 33.6 Å². The van der Waals surface area contributed by atoms with Gasteiger partial charge in [-0.15, -0.1) is 0 Å². The Hall–Kier alpha value is -0.610. The van der Waals surface area contributed by atoms with Crippen molar-refractivity contribution in [3.05, 3.63) is 0 Å². The van der Waals surface area contributed by atoms with E-state index < -0.39 is 12.0 Å². The minimum Gasteiger partial charge on any atom is -0.480 e. The third-order valence-electron chi connectivity index (χ3n) is 2.60. The molecule has 0 rings (SSSR count). The molecule has 0 radical (unpaired) electrons. The standard InChI is InChI=1S/C10H22N2O2/c1-10(2,3)7(4-5-11)6-8(12)9(13)14/h7-8H,4-6,11-12H2,1-3H3,(H,13,14)/t7?,8-/m0/s1. The Morgan fingerprint density at radius 2 is 1.93 bits per heavy atom. The Labute approximate surface area is 85.7 Å². The first-order valence-electron chi connectivity index (χ1n) is 4.97. The van der Waals surface area contributed by atoms with Gasteiger partial charge in [-0.05, 0) is 30.7 Å². The summed E-state index contributed by atoms with van der Waals surface area (Å²) in [4.78, 5) is 10.6. The van der Waals surface area contributed by atoms with E-state index in [1.807, 2.05) is 0 Å². The molecule has 14 heavy (non-hydrogen) atoms. The fourth-order valence-electron chi connectivity index (χ4n) is 1.51. The smallest absolute Gasteiger partial charge is 0.320 e. The molecule has 1 unspecified atom stereocenters. The van der Waals surface area contributed by atoms with Crippen molar-refractivity contribution in [3.8, 4) is 0 Å². The highest BCUT2D eigenvalue weighted by molar-refractivity contribution is 5.73. The highest BCUT2D eigenvalue weighted by Crippen LogP contribution is 2.31. The summed E-state index contributed by atoms with van der Waals surface area (Å²) in [5.74, 6) is -0.671. The van der Waals surface area contributed by atoms with Crippen molar-refractivity contribution in [3.63, 3.8) is 0 Å². The van der Waals surface area contributed by atoms with Gasteiger partial charge >= 0.3 is 5.97 Å². The van der Waals surface area contributed by atoms with E-state index >= 15 is 0 Å². The number of hydrogen-bond acceptors (Lipinski definition) is 3. The van der Waals surface area contributed by atoms with Crippen LogP contribution in [0.15, 0.2) is 0 Å². The molecule has 0 heterocycles. The lowest BCUT2D eigenvalue weighted by Gasteiger charge is -2.31. The maximum Gasteiger partial charge on any atom is 0.320 e. The topological polar surface area (TPSA) is 89.3 Å². The van der Waals surface area contributed by atoms with Gasteiger partial charge in [-0.25, -0.2) is 0 Å². The van der Waals surface area contributed by atoms with Crippen molar-refractivity contribution >= 4 is 5.97 Å². The largest absolute Gasteiger partial charge is 0.480 e. The van der Waals surface area contributed by atoms with Gasteiger partial charge in [0, 0.05) is 0 Å². The Morgan fingerprint density at radius 1 is 1.43 bits per heavy atom. The van der Waals surface area contributed by atoms with Gasteiger partial charge < -0.3 is 16.6 Å². The predicted molar refractivity (Wildman–Crippen MR) is 56.8 cm³/mol. The number of nitrogens with two attached hydrogens (primary N) is 2. The molecule has 0 aromatic heterocycles. The van der Waals surface area contributed by atoms with Crippen LogP contribution in [0.25, 0.3) is 0 Å². The van der Waals surface area contributed by atoms with Crippen molar-refractivity contribution in [1.82, 2.24) is 0 Å². The summed E-state index contributed by atoms with van der Waals surface area (Å²) in [6.07, 6.45) is 1.32. The second kappa shape index (κ2) is 5.32. The van der Waals surface area contributed by atoms with Gasteiger partial charge in [-0.2, -0.15) is 0 Å². The van der Waals surface area contributed by atoms with Crippen LogP contribution in [0, 0.1) is 11.3 Å². The van der Waals surface area contributed by atoms with Crippen LogP contribution in [0.2, 0.25) is 0 Å². The first kappa shape index (κ1) is 13.4. The zero-order valence-corrected chi connectivity index (χ0v) is 9.29. The van der Waals surface area contributed by atoms with Gasteiger partial charge in [-0.1, -0.05) is 20.8 Å². The van der Waals surface area contributed by atoms with Gasteiger partial charge in [0.15, 0.2) is 0 Å². The Balaban J connectivity index is 4.30. The molecule has 84 valence electrons. The summed E-state index contributed by atoms with van der Waals surface area (Å²) in [5, 5.41) is 8.71. The summed E-state index contributed by atoms with van der Waals surface area (Å²) < 4.78 is 0. The Kier molecular flexibility index (Phi) is 5.08. The number of rotatable bonds is 5. The van der Waals surface area contributed by atoms with Gasteiger partial charge in [0.25, 0.3) is 0 Å². The van der Waals surface area contributed by atoms with Crippen LogP contribution in [-0.2, 0) is 4.79 Å². The van der Waals surface area contributed by atoms with E-state index in [9.17, 15) is 4.79 Å². The maximum absolute atomic E-state index is 10.6. The number of hydrogen-bond donors (Lipinski definition) is 3. The maximum atomic E-state index is 10.6. The molecule has 0 aliphatic rings. The molecule has 5 N–H and O–H groups in total. The summed E-state index contributed by atoms with van der Waals surface area (Å²) >= 11 is 0. The van der Waals surface area contributed by atoms with E-state index in [-0.39, 0.29) is 11.3 Å². The van der Waals surface area contributed by atoms with Crippen LogP contribution in [-0.4, -0.2) is 23.7 Å². The average molecular weight is 202 g/mol. The van der Waals surface area contributed by atoms with Gasteiger partial charge in [0.05, 0.1) is 0 Å². The normalized spacial score (nSPS) is 16.4. The zero-order chi connectivity index (χ0) is 11.4. The third-order valence-corrected chi connectivity index (χ3v) is 2.60. The zero-order valence-electron chi connectivity index (χ0n) is 9.29. The van der Waals surface area contributed by atoms with E-state index in [1.54, 1.807) is 0 Å². The molecule has 0 fully saturated rings. The van der Waals surface area contributed by atoms with Crippen LogP contribution < -0.4 is 11.5 Å². The molecular weight excluding hydrogens is 180 g/mol. The van der Waals surface area contributed by atoms with Crippen LogP contribution in [0.5, 0.6) is 0 Å². The first-order chi connectivity index (χ1) is 6.29. The van der Waals surface area contributed by atoms with Gasteiger partial charge in [0.1, 0.15) is 6.04 Å². The molecule has 0 aromatic rings. The molecule has 0 saturated carbocycles. The van der Waals surface area contributed by atoms with Crippen LogP contribution >= 0.6 is 0 Å². The van der Waals surface area contributed by atoms with Crippen molar-refractivity contribution in [2.24, 2.45) is 22.8 Å². The minimum atomic E-state index is -0.934. The lowest BCUT2D eigenvalue weighted by molar-refractivity contribution is -0.139. The lowest BCUT2D eigenvalue weighted by atomic mass is 9.75. The van der Waals surface area contributed by atoms with Crippen molar-refractivity contribution < 1.29 is 9.90 Å². The molecule has 0 amide bonds. The number of aliphatic carboxylic acids is 1. The van der Waals surface area contributed by atoms with E-state index in [0.29, 0.717) is 13.0 Å². The highest BCUT2D eigenvalue weighted by atomic mass is 16.4. The van der Waals surface area contributed by atoms with Crippen molar-refractivity contribution in [2.45, 2.75) is 39.7 Å². The molecule has 4 heteroatoms. The van der Waals surface area contributed by atoms with Gasteiger partial charge in [-0.3, -0.25) is 4.79 Å². The average Bonchev–Trinajstić information content (AvgIpc) is 2.01. The van der Waals surface area contributed by atoms with E-state index in [4.69, 9.17) is 16.6 Å². The van der Waals surface area contributed by atoms with Gasteiger partial charge in [0.2, 0.25) is 0 Å². The lowest BCUT2D eigenvalue weighted by Crippen LogP contribution is -2.36. The first-order valence-corrected chi connectivity index (χ1v) is 4.97. The van der Waals surface area contributed by atoms with Crippen LogP contribution in [0.4, 0.5) is 0 Å². The Bertz CT molecular complexity index is 187. The summed E-state index contributed by atoms with van der Waals surface area (Å²) in [6, 6.07) is -0.772. The van der Waals surface area contributed by atoms with Crippen molar-refractivity contribution in [2.75, 3.05) is 6.54 Å². The molecule has 0 aliphatic carbocycles. The molecule has 0 aliphatic heterocycles. The summed E-state index contributed by atoms with van der Waals surface area (Å²) in [7, 11) is 0. The number of carbonyl (C=O) groups is 1. The fraction of sp³-hybridized carbons (Fsp3) is 0.900. The molecule has 0 saturated heterocycles. The second-order valence-electron chi connectivity index (χ2n) is 4.82. The minimum absolute atomic E-state index is 0.0619. The number of carboxylic acid groups (broad SMARTS) is 1. The van der Waals surface area contributed by atoms with E-state index in [1.165, 1.54) is 0 Å². The summed E-state index contributed by atoms with van der Waals surface area (Å²) in [6.45, 7) is 6.83. The molecule has 0 aromatic carbocycles. The molecule has 0 bridgehead atoms. The van der Waals surface area contributed by atoms with Crippen LogP contribution in [0.3, 0.4) is 0 Å². The van der Waals surface area contributed by atoms with Crippen molar-refractivity contribution in [1.29, 1.82) is 0 Å². The fourth-order valence-corrected chi connectivity index (χ4v) is 1.51.